The van der Waals surface area contributed by atoms with Crippen LogP contribution in [-0.2, 0) is 9.53 Å². The molecule has 6 nitrogen and oxygen atoms in total. The molecule has 2 amide bonds. The van der Waals surface area contributed by atoms with Gasteiger partial charge in [-0.1, -0.05) is 0 Å². The third kappa shape index (κ3) is 5.36. The number of nitrogens with one attached hydrogen (secondary N) is 1. The van der Waals surface area contributed by atoms with Crippen LogP contribution in [0.4, 0.5) is 4.79 Å². The molecule has 0 spiro atoms. The standard InChI is InChI=1S/C8H16N2O4/c1-10(2)8(13)9-5-6(14-3)4-7(11)12/h6H,4-5H2,1-3H3,(H,9,13)(H,11,12). The SMILES string of the molecule is COC(CNC(=O)N(C)C)CC(=O)O. The minimum Gasteiger partial charge on any atom is -0.481 e. The van der Waals surface area contributed by atoms with Gasteiger partial charge in [-0.25, -0.2) is 4.79 Å². The van der Waals surface area contributed by atoms with Crippen LogP contribution in [0.15, 0.2) is 0 Å². The van der Waals surface area contributed by atoms with Crippen molar-refractivity contribution in [2.75, 3.05) is 27.7 Å². The first-order valence-electron chi connectivity index (χ1n) is 4.17. The molecular weight excluding hydrogens is 188 g/mol. The first-order valence-corrected chi connectivity index (χ1v) is 4.17. The van der Waals surface area contributed by atoms with Crippen LogP contribution in [0.2, 0.25) is 0 Å². The molecule has 0 aliphatic carbocycles. The second-order valence-corrected chi connectivity index (χ2v) is 3.04. The van der Waals surface area contributed by atoms with Crippen molar-refractivity contribution in [1.82, 2.24) is 10.2 Å². The van der Waals surface area contributed by atoms with Crippen LogP contribution >= 0.6 is 0 Å². The summed E-state index contributed by atoms with van der Waals surface area (Å²) in [5.74, 6) is -0.948. The fourth-order valence-electron chi connectivity index (χ4n) is 0.793. The van der Waals surface area contributed by atoms with Crippen molar-refractivity contribution in [3.8, 4) is 0 Å². The molecule has 0 aromatic carbocycles. The number of rotatable bonds is 5. The Balaban J connectivity index is 3.83. The molecule has 0 aromatic rings. The highest BCUT2D eigenvalue weighted by Crippen LogP contribution is 1.95. The zero-order valence-corrected chi connectivity index (χ0v) is 8.61. The molecular formula is C8H16N2O4. The number of carboxylic acid groups (broad SMARTS) is 1. The predicted octanol–water partition coefficient (Wildman–Crippen LogP) is -0.253. The van der Waals surface area contributed by atoms with Crippen molar-refractivity contribution in [1.29, 1.82) is 0 Å². The van der Waals surface area contributed by atoms with Gasteiger partial charge in [-0.2, -0.15) is 0 Å². The Bertz CT molecular complexity index is 206. The number of carbonyl (C=O) groups excluding carboxylic acids is 1. The Labute approximate surface area is 82.8 Å². The Hall–Kier alpha value is -1.30. The minimum atomic E-state index is -0.948. The average Bonchev–Trinajstić information content (AvgIpc) is 2.10. The second-order valence-electron chi connectivity index (χ2n) is 3.04. The summed E-state index contributed by atoms with van der Waals surface area (Å²) < 4.78 is 4.88. The first kappa shape index (κ1) is 12.7. The number of carboxylic acids is 1. The lowest BCUT2D eigenvalue weighted by Gasteiger charge is -2.16. The third-order valence-electron chi connectivity index (χ3n) is 1.62. The molecule has 2 N–H and O–H groups in total. The largest absolute Gasteiger partial charge is 0.481 e. The minimum absolute atomic E-state index is 0.121. The molecule has 0 saturated heterocycles. The molecule has 82 valence electrons. The predicted molar refractivity (Wildman–Crippen MR) is 50.1 cm³/mol. The maximum Gasteiger partial charge on any atom is 0.316 e. The van der Waals surface area contributed by atoms with Gasteiger partial charge in [-0.15, -0.1) is 0 Å². The molecule has 1 atom stereocenters. The van der Waals surface area contributed by atoms with E-state index in [2.05, 4.69) is 5.32 Å². The number of ether oxygens (including phenoxy) is 1. The monoisotopic (exact) mass is 204 g/mol. The average molecular weight is 204 g/mol. The van der Waals surface area contributed by atoms with E-state index >= 15 is 0 Å². The van der Waals surface area contributed by atoms with Crippen LogP contribution in [0.3, 0.4) is 0 Å². The summed E-state index contributed by atoms with van der Waals surface area (Å²) in [6.07, 6.45) is -0.610. The van der Waals surface area contributed by atoms with Crippen LogP contribution < -0.4 is 5.32 Å². The number of methoxy groups -OCH3 is 1. The van der Waals surface area contributed by atoms with Crippen LogP contribution in [0.1, 0.15) is 6.42 Å². The van der Waals surface area contributed by atoms with Gasteiger partial charge in [-0.3, -0.25) is 4.79 Å². The van der Waals surface area contributed by atoms with Crippen molar-refractivity contribution in [2.45, 2.75) is 12.5 Å². The summed E-state index contributed by atoms with van der Waals surface area (Å²) in [4.78, 5) is 22.8. The van der Waals surface area contributed by atoms with E-state index in [9.17, 15) is 9.59 Å². The smallest absolute Gasteiger partial charge is 0.316 e. The van der Waals surface area contributed by atoms with E-state index in [1.54, 1.807) is 14.1 Å². The normalized spacial score (nSPS) is 11.9. The molecule has 0 saturated carbocycles. The highest BCUT2D eigenvalue weighted by atomic mass is 16.5. The third-order valence-corrected chi connectivity index (χ3v) is 1.62. The first-order chi connectivity index (χ1) is 6.47. The van der Waals surface area contributed by atoms with Gasteiger partial charge in [0.2, 0.25) is 0 Å². The van der Waals surface area contributed by atoms with Gasteiger partial charge in [0.25, 0.3) is 0 Å². The lowest BCUT2D eigenvalue weighted by atomic mass is 10.2. The molecule has 0 aliphatic rings. The molecule has 0 rings (SSSR count). The van der Waals surface area contributed by atoms with Crippen molar-refractivity contribution in [3.63, 3.8) is 0 Å². The highest BCUT2D eigenvalue weighted by Gasteiger charge is 2.13. The quantitative estimate of drug-likeness (QED) is 0.647. The number of hydrogen-bond acceptors (Lipinski definition) is 3. The maximum atomic E-state index is 11.1. The number of aliphatic carboxylic acids is 1. The number of urea groups is 1. The zero-order chi connectivity index (χ0) is 11.1. The van der Waals surface area contributed by atoms with Crippen molar-refractivity contribution < 1.29 is 19.4 Å². The van der Waals surface area contributed by atoms with Gasteiger partial charge >= 0.3 is 12.0 Å². The number of carbonyl (C=O) groups is 2. The van der Waals surface area contributed by atoms with Gasteiger partial charge in [-0.05, 0) is 0 Å². The summed E-state index contributed by atoms with van der Waals surface area (Å²) in [5.41, 5.74) is 0. The molecule has 0 aromatic heterocycles. The molecule has 14 heavy (non-hydrogen) atoms. The van der Waals surface area contributed by atoms with Crippen LogP contribution in [-0.4, -0.2) is 55.9 Å². The molecule has 1 unspecified atom stereocenters. The summed E-state index contributed by atoms with van der Waals surface area (Å²) in [6.45, 7) is 0.194. The second kappa shape index (κ2) is 6.20. The van der Waals surface area contributed by atoms with Crippen LogP contribution in [0.5, 0.6) is 0 Å². The topological polar surface area (TPSA) is 78.9 Å². The van der Waals surface area contributed by atoms with E-state index in [-0.39, 0.29) is 19.0 Å². The molecule has 0 fully saturated rings. The fourth-order valence-corrected chi connectivity index (χ4v) is 0.793. The Morgan fingerprint density at radius 1 is 1.50 bits per heavy atom. The van der Waals surface area contributed by atoms with Gasteiger partial charge in [0.1, 0.15) is 0 Å². The van der Waals surface area contributed by atoms with Gasteiger partial charge in [0.15, 0.2) is 0 Å². The molecule has 0 heterocycles. The van der Waals surface area contributed by atoms with Crippen LogP contribution in [0.25, 0.3) is 0 Å². The van der Waals surface area contributed by atoms with E-state index in [4.69, 9.17) is 9.84 Å². The summed E-state index contributed by atoms with van der Waals surface area (Å²) in [5, 5.41) is 11.0. The van der Waals surface area contributed by atoms with Gasteiger partial charge in [0.05, 0.1) is 12.5 Å². The Morgan fingerprint density at radius 2 is 2.07 bits per heavy atom. The van der Waals surface area contributed by atoms with Gasteiger partial charge in [0, 0.05) is 27.7 Å². The lowest BCUT2D eigenvalue weighted by Crippen LogP contribution is -2.40. The fraction of sp³-hybridized carbons (Fsp3) is 0.750. The van der Waals surface area contributed by atoms with Crippen molar-refractivity contribution >= 4 is 12.0 Å². The molecule has 0 aliphatic heterocycles. The molecule has 0 radical (unpaired) electrons. The van der Waals surface area contributed by atoms with E-state index in [0.717, 1.165) is 0 Å². The number of hydrogen-bond donors (Lipinski definition) is 2. The van der Waals surface area contributed by atoms with Crippen molar-refractivity contribution in [3.05, 3.63) is 0 Å². The molecule has 6 heteroatoms. The Morgan fingerprint density at radius 3 is 2.43 bits per heavy atom. The van der Waals surface area contributed by atoms with E-state index in [0.29, 0.717) is 0 Å². The van der Waals surface area contributed by atoms with Crippen LogP contribution in [0, 0.1) is 0 Å². The lowest BCUT2D eigenvalue weighted by molar-refractivity contribution is -0.139. The van der Waals surface area contributed by atoms with E-state index < -0.39 is 12.1 Å². The number of nitrogens with zero attached hydrogens (tertiary/aromatic N) is 1. The molecule has 0 bridgehead atoms. The summed E-state index contributed by atoms with van der Waals surface area (Å²) in [6, 6.07) is -0.266. The summed E-state index contributed by atoms with van der Waals surface area (Å²) >= 11 is 0. The van der Waals surface area contributed by atoms with Gasteiger partial charge < -0.3 is 20.1 Å². The summed E-state index contributed by atoms with van der Waals surface area (Å²) in [7, 11) is 4.62. The van der Waals surface area contributed by atoms with E-state index in [1.165, 1.54) is 12.0 Å². The maximum absolute atomic E-state index is 11.1. The zero-order valence-electron chi connectivity index (χ0n) is 8.61. The van der Waals surface area contributed by atoms with E-state index in [1.807, 2.05) is 0 Å². The highest BCUT2D eigenvalue weighted by molar-refractivity contribution is 5.73. The number of amides is 2. The van der Waals surface area contributed by atoms with Crippen molar-refractivity contribution in [2.24, 2.45) is 0 Å². The Kier molecular flexibility index (Phi) is 5.62.